The molecule has 0 unspecified atom stereocenters. The molecule has 2 aliphatic rings. The first-order valence-electron chi connectivity index (χ1n) is 11.0. The fourth-order valence-corrected chi connectivity index (χ4v) is 5.86. The van der Waals surface area contributed by atoms with E-state index >= 15 is 0 Å². The van der Waals surface area contributed by atoms with E-state index in [-0.39, 0.29) is 0 Å². The van der Waals surface area contributed by atoms with E-state index in [0.717, 1.165) is 61.7 Å². The molecule has 3 heterocycles. The first-order valence-corrected chi connectivity index (χ1v) is 12.5. The summed E-state index contributed by atoms with van der Waals surface area (Å²) in [7, 11) is -3.61. The van der Waals surface area contributed by atoms with Gasteiger partial charge in [-0.1, -0.05) is 29.8 Å². The van der Waals surface area contributed by atoms with E-state index in [0.29, 0.717) is 17.1 Å². The van der Waals surface area contributed by atoms with Crippen molar-refractivity contribution in [1.82, 2.24) is 4.98 Å². The smallest absolute Gasteiger partial charge is 0.264 e. The van der Waals surface area contributed by atoms with Crippen LogP contribution in [0.25, 0.3) is 11.3 Å². The van der Waals surface area contributed by atoms with Gasteiger partial charge in [0, 0.05) is 30.9 Å². The zero-order valence-corrected chi connectivity index (χ0v) is 19.0. The second-order valence-electron chi connectivity index (χ2n) is 8.30. The van der Waals surface area contributed by atoms with Crippen LogP contribution in [-0.4, -0.2) is 46.2 Å². The van der Waals surface area contributed by atoms with Gasteiger partial charge in [0.25, 0.3) is 10.0 Å². The van der Waals surface area contributed by atoms with E-state index in [1.165, 1.54) is 9.99 Å². The molecule has 1 saturated heterocycles. The topological polar surface area (TPSA) is 62.7 Å². The third kappa shape index (κ3) is 3.98. The van der Waals surface area contributed by atoms with Gasteiger partial charge in [0.15, 0.2) is 0 Å². The highest BCUT2D eigenvalue weighted by atomic mass is 32.2. The summed E-state index contributed by atoms with van der Waals surface area (Å²) in [6.07, 6.45) is 1.53. The van der Waals surface area contributed by atoms with Crippen molar-refractivity contribution in [3.8, 4) is 11.3 Å². The highest BCUT2D eigenvalue weighted by Crippen LogP contribution is 2.33. The molecule has 1 aromatic heterocycles. The fourth-order valence-electron chi connectivity index (χ4n) is 4.33. The highest BCUT2D eigenvalue weighted by Gasteiger charge is 2.30. The number of aryl methyl sites for hydroxylation is 2. The molecule has 32 heavy (non-hydrogen) atoms. The molecule has 0 spiro atoms. The van der Waals surface area contributed by atoms with Crippen LogP contribution in [-0.2, 0) is 21.2 Å². The second-order valence-corrected chi connectivity index (χ2v) is 10.2. The van der Waals surface area contributed by atoms with E-state index < -0.39 is 10.0 Å². The first kappa shape index (κ1) is 21.0. The van der Waals surface area contributed by atoms with E-state index in [1.807, 2.05) is 31.2 Å². The van der Waals surface area contributed by atoms with E-state index in [2.05, 4.69) is 29.2 Å². The summed E-state index contributed by atoms with van der Waals surface area (Å²) in [6, 6.07) is 19.3. The Balaban J connectivity index is 1.42. The molecule has 3 aromatic rings. The van der Waals surface area contributed by atoms with E-state index in [4.69, 9.17) is 9.72 Å². The predicted molar refractivity (Wildman–Crippen MR) is 127 cm³/mol. The Hall–Kier alpha value is -2.90. The van der Waals surface area contributed by atoms with Crippen LogP contribution in [0.1, 0.15) is 17.7 Å². The molecule has 0 bridgehead atoms. The maximum Gasteiger partial charge on any atom is 0.264 e. The number of sulfonamides is 1. The predicted octanol–water partition coefficient (Wildman–Crippen LogP) is 4.04. The van der Waals surface area contributed by atoms with Crippen LogP contribution in [0.5, 0.6) is 0 Å². The minimum Gasteiger partial charge on any atom is -0.378 e. The largest absolute Gasteiger partial charge is 0.378 e. The molecule has 0 N–H and O–H groups in total. The normalized spacial score (nSPS) is 16.7. The van der Waals surface area contributed by atoms with Gasteiger partial charge in [-0.2, -0.15) is 0 Å². The van der Waals surface area contributed by atoms with Crippen LogP contribution >= 0.6 is 0 Å². The summed E-state index contributed by atoms with van der Waals surface area (Å²) in [5, 5.41) is 0. The summed E-state index contributed by atoms with van der Waals surface area (Å²) in [6.45, 7) is 5.75. The van der Waals surface area contributed by atoms with Gasteiger partial charge in [0.1, 0.15) is 0 Å². The van der Waals surface area contributed by atoms with Crippen molar-refractivity contribution >= 4 is 21.4 Å². The first-order chi connectivity index (χ1) is 15.5. The average molecular weight is 450 g/mol. The Morgan fingerprint density at radius 1 is 0.875 bits per heavy atom. The summed E-state index contributed by atoms with van der Waals surface area (Å²) in [5.74, 6) is 0. The van der Waals surface area contributed by atoms with Crippen molar-refractivity contribution in [2.75, 3.05) is 42.1 Å². The number of rotatable bonds is 4. The molecule has 0 aliphatic carbocycles. The Morgan fingerprint density at radius 3 is 2.31 bits per heavy atom. The number of morpholine rings is 1. The Labute approximate surface area is 189 Å². The third-order valence-corrected chi connectivity index (χ3v) is 7.97. The van der Waals surface area contributed by atoms with Crippen molar-refractivity contribution in [3.05, 3.63) is 71.9 Å². The molecule has 0 saturated carbocycles. The van der Waals surface area contributed by atoms with Crippen LogP contribution in [0.15, 0.2) is 65.6 Å². The number of aromatic nitrogens is 1. The average Bonchev–Trinajstić information content (AvgIpc) is 2.84. The SMILES string of the molecule is Cc1ccc(S(=O)(=O)N2CCCc3nc(-c4ccc(N5CCOCC5)cc4)ccc32)cc1. The van der Waals surface area contributed by atoms with Crippen molar-refractivity contribution in [3.63, 3.8) is 0 Å². The van der Waals surface area contributed by atoms with Gasteiger partial charge in [0.05, 0.1) is 35.2 Å². The summed E-state index contributed by atoms with van der Waals surface area (Å²) >= 11 is 0. The van der Waals surface area contributed by atoms with Crippen molar-refractivity contribution in [2.24, 2.45) is 0 Å². The van der Waals surface area contributed by atoms with Gasteiger partial charge in [-0.15, -0.1) is 0 Å². The molecule has 2 aromatic carbocycles. The number of pyridine rings is 1. The summed E-state index contributed by atoms with van der Waals surface area (Å²) in [4.78, 5) is 7.50. The summed E-state index contributed by atoms with van der Waals surface area (Å²) < 4.78 is 33.5. The van der Waals surface area contributed by atoms with Gasteiger partial charge in [0.2, 0.25) is 0 Å². The number of hydrogen-bond donors (Lipinski definition) is 0. The Morgan fingerprint density at radius 2 is 1.59 bits per heavy atom. The Bertz CT molecular complexity index is 1200. The van der Waals surface area contributed by atoms with Gasteiger partial charge in [-0.05, 0) is 56.2 Å². The number of nitrogens with zero attached hydrogens (tertiary/aromatic N) is 3. The molecule has 1 fully saturated rings. The van der Waals surface area contributed by atoms with Crippen molar-refractivity contribution in [1.29, 1.82) is 0 Å². The molecule has 0 atom stereocenters. The quantitative estimate of drug-likeness (QED) is 0.602. The summed E-state index contributed by atoms with van der Waals surface area (Å²) in [5.41, 5.74) is 5.64. The van der Waals surface area contributed by atoms with Crippen LogP contribution in [0, 0.1) is 6.92 Å². The van der Waals surface area contributed by atoms with Crippen LogP contribution < -0.4 is 9.21 Å². The number of fused-ring (bicyclic) bond motifs is 1. The lowest BCUT2D eigenvalue weighted by Crippen LogP contribution is -2.36. The second kappa shape index (κ2) is 8.56. The Kier molecular flexibility index (Phi) is 5.61. The number of benzene rings is 2. The lowest BCUT2D eigenvalue weighted by molar-refractivity contribution is 0.122. The maximum absolute atomic E-state index is 13.3. The van der Waals surface area contributed by atoms with Gasteiger partial charge in [-0.3, -0.25) is 9.29 Å². The zero-order chi connectivity index (χ0) is 22.1. The minimum absolute atomic E-state index is 0.318. The fraction of sp³-hybridized carbons (Fsp3) is 0.320. The molecule has 7 heteroatoms. The zero-order valence-electron chi connectivity index (χ0n) is 18.2. The van der Waals surface area contributed by atoms with Crippen LogP contribution in [0.3, 0.4) is 0 Å². The van der Waals surface area contributed by atoms with Crippen molar-refractivity contribution in [2.45, 2.75) is 24.7 Å². The van der Waals surface area contributed by atoms with E-state index in [1.54, 1.807) is 12.1 Å². The molecular formula is C25H27N3O3S. The lowest BCUT2D eigenvalue weighted by Gasteiger charge is -2.30. The molecular weight excluding hydrogens is 422 g/mol. The van der Waals surface area contributed by atoms with Gasteiger partial charge < -0.3 is 9.64 Å². The number of hydrogen-bond acceptors (Lipinski definition) is 5. The third-order valence-electron chi connectivity index (χ3n) is 6.14. The lowest BCUT2D eigenvalue weighted by atomic mass is 10.1. The van der Waals surface area contributed by atoms with Gasteiger partial charge >= 0.3 is 0 Å². The monoisotopic (exact) mass is 449 g/mol. The van der Waals surface area contributed by atoms with Crippen LogP contribution in [0.4, 0.5) is 11.4 Å². The molecule has 6 nitrogen and oxygen atoms in total. The van der Waals surface area contributed by atoms with Crippen molar-refractivity contribution < 1.29 is 13.2 Å². The van der Waals surface area contributed by atoms with E-state index in [9.17, 15) is 8.42 Å². The molecule has 166 valence electrons. The minimum atomic E-state index is -3.61. The maximum atomic E-state index is 13.3. The molecule has 0 radical (unpaired) electrons. The molecule has 5 rings (SSSR count). The number of anilines is 2. The van der Waals surface area contributed by atoms with Crippen LogP contribution in [0.2, 0.25) is 0 Å². The molecule has 2 aliphatic heterocycles. The highest BCUT2D eigenvalue weighted by molar-refractivity contribution is 7.92. The molecule has 0 amide bonds. The number of ether oxygens (including phenoxy) is 1. The standard InChI is InChI=1S/C25H27N3O3S/c1-19-4-10-22(11-5-19)32(29,30)28-14-2-3-24-25(28)13-12-23(26-24)20-6-8-21(9-7-20)27-15-17-31-18-16-27/h4-13H,2-3,14-18H2,1H3. The van der Waals surface area contributed by atoms with Gasteiger partial charge in [-0.25, -0.2) is 8.42 Å².